The van der Waals surface area contributed by atoms with Crippen molar-refractivity contribution in [2.24, 2.45) is 0 Å². The Bertz CT molecular complexity index is 1990. The summed E-state index contributed by atoms with van der Waals surface area (Å²) in [6.07, 6.45) is 9.75. The maximum absolute atomic E-state index is 12.4. The van der Waals surface area contributed by atoms with Crippen molar-refractivity contribution in [3.05, 3.63) is 88.6 Å². The quantitative estimate of drug-likeness (QED) is 0.0807. The third-order valence-corrected chi connectivity index (χ3v) is 12.7. The van der Waals surface area contributed by atoms with Crippen molar-refractivity contribution in [2.75, 3.05) is 92.6 Å². The predicted molar refractivity (Wildman–Crippen MR) is 233 cm³/mol. The first-order chi connectivity index (χ1) is 27.9. The summed E-state index contributed by atoms with van der Waals surface area (Å²) < 4.78 is 8.15. The number of para-hydroxylation sites is 1. The molecule has 1 unspecified atom stereocenters. The van der Waals surface area contributed by atoms with Crippen LogP contribution in [0, 0.1) is 0 Å². The molecule has 12 nitrogen and oxygen atoms in total. The Balaban J connectivity index is 0.883. The van der Waals surface area contributed by atoms with Crippen LogP contribution in [0.5, 0.6) is 5.75 Å². The van der Waals surface area contributed by atoms with Crippen molar-refractivity contribution < 1.29 is 14.3 Å². The molecule has 302 valence electrons. The van der Waals surface area contributed by atoms with Crippen LogP contribution in [0.1, 0.15) is 48.3 Å². The van der Waals surface area contributed by atoms with E-state index in [9.17, 15) is 9.59 Å². The minimum absolute atomic E-state index is 0.0427. The number of carbonyl (C=O) groups excluding carboxylic acids is 2. The topological polar surface area (TPSA) is 118 Å². The molecule has 0 radical (unpaired) electrons. The van der Waals surface area contributed by atoms with E-state index in [0.717, 1.165) is 113 Å². The van der Waals surface area contributed by atoms with Crippen LogP contribution in [0.4, 0.5) is 34.5 Å². The SMILES string of the molecule is CNC(=O)C(CCC=O)c1ccc(CCN2CCN(C3CCN(c4ccc(Nc5ncc(Cl)c(Nc6cccc7c6N(SC)CC7)n5)c(OC)c4)CC3)CC2)cc1. The van der Waals surface area contributed by atoms with Gasteiger partial charge in [0.25, 0.3) is 0 Å². The lowest BCUT2D eigenvalue weighted by atomic mass is 9.92. The number of likely N-dealkylation sites (N-methyl/N-ethyl adjacent to an activating group) is 1. The van der Waals surface area contributed by atoms with Crippen LogP contribution in [-0.2, 0) is 22.4 Å². The fourth-order valence-electron chi connectivity index (χ4n) is 8.35. The number of nitrogens with one attached hydrogen (secondary N) is 3. The molecule has 7 rings (SSSR count). The van der Waals surface area contributed by atoms with Gasteiger partial charge in [-0.3, -0.25) is 9.69 Å². The van der Waals surface area contributed by atoms with Gasteiger partial charge in [-0.25, -0.2) is 4.98 Å². The van der Waals surface area contributed by atoms with Crippen molar-refractivity contribution in [3.8, 4) is 5.75 Å². The zero-order chi connectivity index (χ0) is 39.7. The van der Waals surface area contributed by atoms with Crippen molar-refractivity contribution in [1.29, 1.82) is 0 Å². The lowest BCUT2D eigenvalue weighted by Crippen LogP contribution is -2.53. The number of amides is 1. The minimum Gasteiger partial charge on any atom is -0.494 e. The van der Waals surface area contributed by atoms with Crippen LogP contribution in [0.3, 0.4) is 0 Å². The van der Waals surface area contributed by atoms with E-state index < -0.39 is 0 Å². The van der Waals surface area contributed by atoms with E-state index in [4.69, 9.17) is 21.3 Å². The summed E-state index contributed by atoms with van der Waals surface area (Å²) in [5, 5.41) is 10.00. The van der Waals surface area contributed by atoms with Gasteiger partial charge in [-0.2, -0.15) is 4.98 Å². The molecule has 3 aliphatic heterocycles. The van der Waals surface area contributed by atoms with Crippen molar-refractivity contribution >= 4 is 70.3 Å². The number of anilines is 6. The summed E-state index contributed by atoms with van der Waals surface area (Å²) in [5.41, 5.74) is 7.62. The highest BCUT2D eigenvalue weighted by molar-refractivity contribution is 8.00. The molecule has 1 atom stereocenters. The fraction of sp³-hybridized carbons (Fsp3) is 0.442. The second kappa shape index (κ2) is 19.3. The predicted octanol–water partition coefficient (Wildman–Crippen LogP) is 6.90. The number of hydrogen-bond donors (Lipinski definition) is 3. The first kappa shape index (κ1) is 40.6. The Kier molecular flexibility index (Phi) is 13.7. The number of halogens is 1. The molecule has 0 saturated carbocycles. The number of aromatic nitrogens is 2. The lowest BCUT2D eigenvalue weighted by molar-refractivity contribution is -0.122. The Hall–Kier alpha value is -4.56. The Morgan fingerprint density at radius 3 is 2.51 bits per heavy atom. The molecule has 0 spiro atoms. The van der Waals surface area contributed by atoms with Gasteiger partial charge in [-0.05, 0) is 67.0 Å². The number of piperidine rings is 1. The highest BCUT2D eigenvalue weighted by Gasteiger charge is 2.28. The van der Waals surface area contributed by atoms with Crippen molar-refractivity contribution in [3.63, 3.8) is 0 Å². The van der Waals surface area contributed by atoms with E-state index in [0.29, 0.717) is 35.7 Å². The van der Waals surface area contributed by atoms with Gasteiger partial charge in [0.15, 0.2) is 5.82 Å². The van der Waals surface area contributed by atoms with E-state index >= 15 is 0 Å². The average molecular weight is 812 g/mol. The summed E-state index contributed by atoms with van der Waals surface area (Å²) >= 11 is 8.30. The van der Waals surface area contributed by atoms with Gasteiger partial charge in [0.1, 0.15) is 17.1 Å². The van der Waals surface area contributed by atoms with Crippen molar-refractivity contribution in [1.82, 2.24) is 25.1 Å². The van der Waals surface area contributed by atoms with Crippen molar-refractivity contribution in [2.45, 2.75) is 50.5 Å². The van der Waals surface area contributed by atoms with Gasteiger partial charge in [0.05, 0.1) is 36.3 Å². The second-order valence-electron chi connectivity index (χ2n) is 14.9. The Labute approximate surface area is 345 Å². The van der Waals surface area contributed by atoms with E-state index in [-0.39, 0.29) is 11.8 Å². The monoisotopic (exact) mass is 811 g/mol. The van der Waals surface area contributed by atoms with Gasteiger partial charge in [0, 0.05) is 89.9 Å². The van der Waals surface area contributed by atoms with Gasteiger partial charge < -0.3 is 39.6 Å². The van der Waals surface area contributed by atoms with Crippen LogP contribution < -0.4 is 29.9 Å². The van der Waals surface area contributed by atoms with Crippen LogP contribution in [0.2, 0.25) is 5.02 Å². The molecule has 2 saturated heterocycles. The molecule has 4 heterocycles. The molecule has 3 aliphatic rings. The van der Waals surface area contributed by atoms with Gasteiger partial charge >= 0.3 is 0 Å². The van der Waals surface area contributed by atoms with Gasteiger partial charge in [0.2, 0.25) is 11.9 Å². The molecular formula is C43H54ClN9O3S. The van der Waals surface area contributed by atoms with Crippen LogP contribution in [-0.4, -0.2) is 111 Å². The maximum atomic E-state index is 12.4. The normalized spacial score (nSPS) is 16.9. The molecule has 1 amide bonds. The molecule has 14 heteroatoms. The number of benzene rings is 3. The maximum Gasteiger partial charge on any atom is 0.229 e. The lowest BCUT2D eigenvalue weighted by Gasteiger charge is -2.43. The minimum atomic E-state index is -0.290. The number of aldehydes is 1. The molecule has 3 aromatic carbocycles. The number of fused-ring (bicyclic) bond motifs is 1. The van der Waals surface area contributed by atoms with Gasteiger partial charge in [-0.1, -0.05) is 59.9 Å². The zero-order valence-electron chi connectivity index (χ0n) is 33.2. The van der Waals surface area contributed by atoms with E-state index in [1.165, 1.54) is 16.8 Å². The van der Waals surface area contributed by atoms with E-state index in [1.54, 1.807) is 32.3 Å². The standard InChI is InChI=1S/C43H54ClN9O3S/c1-45-42(55)35(7-5-27-54)31-11-9-30(10-12-31)15-19-50-23-25-52(26-24-50)33-17-20-51(21-18-33)34-13-14-37(39(28-34)56-2)48-43-46-29-36(44)41(49-43)47-38-8-4-6-32-16-22-53(57-3)40(32)38/h4,6,8-14,27-29,33,35H,5,7,15-26H2,1-3H3,(H,45,55)(H2,46,47,48,49). The molecule has 0 bridgehead atoms. The third-order valence-electron chi connectivity index (χ3n) is 11.6. The first-order valence-electron chi connectivity index (χ1n) is 20.0. The van der Waals surface area contributed by atoms with Gasteiger partial charge in [-0.15, -0.1) is 0 Å². The van der Waals surface area contributed by atoms with Crippen LogP contribution >= 0.6 is 23.5 Å². The number of piperazine rings is 1. The Morgan fingerprint density at radius 1 is 1.00 bits per heavy atom. The molecule has 4 aromatic rings. The van der Waals surface area contributed by atoms with Crippen LogP contribution in [0.15, 0.2) is 66.9 Å². The Morgan fingerprint density at radius 2 is 1.79 bits per heavy atom. The molecule has 2 fully saturated rings. The first-order valence-corrected chi connectivity index (χ1v) is 21.6. The highest BCUT2D eigenvalue weighted by atomic mass is 35.5. The average Bonchev–Trinajstić information content (AvgIpc) is 3.69. The van der Waals surface area contributed by atoms with E-state index in [2.05, 4.69) is 88.7 Å². The van der Waals surface area contributed by atoms with Crippen LogP contribution in [0.25, 0.3) is 0 Å². The van der Waals surface area contributed by atoms with E-state index in [1.807, 2.05) is 18.2 Å². The molecule has 57 heavy (non-hydrogen) atoms. The summed E-state index contributed by atoms with van der Waals surface area (Å²) in [5.74, 6) is 1.37. The largest absolute Gasteiger partial charge is 0.494 e. The number of nitrogens with zero attached hydrogens (tertiary/aromatic N) is 6. The summed E-state index contributed by atoms with van der Waals surface area (Å²) in [7, 11) is 3.34. The summed E-state index contributed by atoms with van der Waals surface area (Å²) in [6.45, 7) is 8.34. The number of methoxy groups -OCH3 is 1. The summed E-state index contributed by atoms with van der Waals surface area (Å²) in [4.78, 5) is 40.2. The number of ether oxygens (including phenoxy) is 1. The highest BCUT2D eigenvalue weighted by Crippen LogP contribution is 2.41. The third kappa shape index (κ3) is 9.77. The molecule has 0 aliphatic carbocycles. The molecular weight excluding hydrogens is 758 g/mol. The summed E-state index contributed by atoms with van der Waals surface area (Å²) in [6, 6.07) is 21.5. The second-order valence-corrected chi connectivity index (χ2v) is 16.1. The zero-order valence-corrected chi connectivity index (χ0v) is 34.7. The number of rotatable bonds is 16. The smallest absolute Gasteiger partial charge is 0.229 e. The molecule has 3 N–H and O–H groups in total. The fourth-order valence-corrected chi connectivity index (χ4v) is 9.16. The molecule has 1 aromatic heterocycles. The number of hydrogen-bond acceptors (Lipinski definition) is 12. The number of carbonyl (C=O) groups is 2.